The van der Waals surface area contributed by atoms with Crippen molar-refractivity contribution >= 4 is 28.6 Å². The maximum Gasteiger partial charge on any atom is 0.309 e. The van der Waals surface area contributed by atoms with Gasteiger partial charge in [0.25, 0.3) is 12.5 Å². The van der Waals surface area contributed by atoms with Crippen molar-refractivity contribution in [1.29, 1.82) is 5.26 Å². The number of hydrogen-bond acceptors (Lipinski definition) is 4. The first kappa shape index (κ1) is 27.2. The molecule has 9 heteroatoms. The van der Waals surface area contributed by atoms with Crippen LogP contribution in [0.2, 0.25) is 0 Å². The Morgan fingerprint density at radius 1 is 1.21 bits per heavy atom. The van der Waals surface area contributed by atoms with Crippen molar-refractivity contribution < 1.29 is 14.4 Å². The van der Waals surface area contributed by atoms with Gasteiger partial charge in [-0.05, 0) is 30.4 Å². The lowest BCUT2D eigenvalue weighted by molar-refractivity contribution is -0.142. The lowest BCUT2D eigenvalue weighted by atomic mass is 9.96. The molecular weight excluding hydrogens is 480 g/mol. The Morgan fingerprint density at radius 2 is 1.89 bits per heavy atom. The minimum absolute atomic E-state index is 0.102. The fourth-order valence-electron chi connectivity index (χ4n) is 6.07. The van der Waals surface area contributed by atoms with Gasteiger partial charge in [0.15, 0.2) is 0 Å². The smallest absolute Gasteiger partial charge is 0.309 e. The zero-order valence-corrected chi connectivity index (χ0v) is 22.9. The molecule has 1 aliphatic heterocycles. The van der Waals surface area contributed by atoms with Gasteiger partial charge < -0.3 is 20.5 Å². The molecule has 1 aromatic heterocycles. The van der Waals surface area contributed by atoms with E-state index in [0.29, 0.717) is 12.1 Å². The van der Waals surface area contributed by atoms with Crippen LogP contribution in [0.5, 0.6) is 0 Å². The zero-order chi connectivity index (χ0) is 28.0. The van der Waals surface area contributed by atoms with Gasteiger partial charge >= 0.3 is 5.54 Å². The maximum atomic E-state index is 14.0. The maximum absolute atomic E-state index is 14.0. The first-order valence-corrected chi connectivity index (χ1v) is 13.2. The van der Waals surface area contributed by atoms with Crippen molar-refractivity contribution in [1.82, 2.24) is 20.5 Å². The van der Waals surface area contributed by atoms with E-state index in [0.717, 1.165) is 10.9 Å². The molecule has 4 rings (SSSR count). The van der Waals surface area contributed by atoms with Gasteiger partial charge in [0, 0.05) is 10.9 Å². The second kappa shape index (κ2) is 9.79. The molecule has 2 aromatic rings. The summed E-state index contributed by atoms with van der Waals surface area (Å²) in [5.74, 6) is -1.44. The van der Waals surface area contributed by atoms with E-state index in [1.165, 1.54) is 4.90 Å². The van der Waals surface area contributed by atoms with Gasteiger partial charge in [-0.15, -0.1) is 0 Å². The van der Waals surface area contributed by atoms with Crippen molar-refractivity contribution in [2.45, 2.75) is 71.6 Å². The van der Waals surface area contributed by atoms with Gasteiger partial charge in [-0.2, -0.15) is 5.26 Å². The number of nitriles is 1. The highest BCUT2D eigenvalue weighted by Gasteiger charge is 2.89. The van der Waals surface area contributed by atoms with Crippen molar-refractivity contribution in [2.24, 2.45) is 23.2 Å². The number of carbonyl (C=O) groups excluding carboxylic acids is 3. The quantitative estimate of drug-likeness (QED) is 0.496. The molecule has 1 aliphatic carbocycles. The lowest BCUT2D eigenvalue weighted by Crippen LogP contribution is -2.57. The van der Waals surface area contributed by atoms with Gasteiger partial charge in [0.1, 0.15) is 30.4 Å². The number of aromatic amines is 1. The van der Waals surface area contributed by atoms with E-state index in [4.69, 9.17) is 6.57 Å². The molecule has 1 aromatic carbocycles. The molecule has 9 nitrogen and oxygen atoms in total. The molecule has 2 fully saturated rings. The number of benzene rings is 1. The van der Waals surface area contributed by atoms with Gasteiger partial charge in [0.05, 0.1) is 17.4 Å². The molecule has 0 bridgehead atoms. The highest BCUT2D eigenvalue weighted by atomic mass is 16.2. The minimum atomic E-state index is -0.850. The summed E-state index contributed by atoms with van der Waals surface area (Å²) < 4.78 is 0. The standard InChI is InChI=1S/C29H36N6O3/c1-16(2)12-21(33-25(36)20-13-18-10-8-9-11-19(18)32-20)27(38)35-15-29(31-7)24(28(29,5)6)23(35)26(37)34-22(14-30)17(3)4/h7-11,13,16-17,21-24H,12,15H2,1-6H3,(H2-,32,33,34,36,37)/p+1/t21-,22+,23-,24-,29+/m0/s1. The van der Waals surface area contributed by atoms with Gasteiger partial charge in [-0.1, -0.05) is 64.6 Å². The Kier molecular flexibility index (Phi) is 7.01. The van der Waals surface area contributed by atoms with Crippen LogP contribution >= 0.6 is 0 Å². The molecule has 200 valence electrons. The van der Waals surface area contributed by atoms with Gasteiger partial charge in [-0.3, -0.25) is 14.4 Å². The molecule has 3 N–H and O–H groups in total. The molecule has 2 aliphatic rings. The zero-order valence-electron chi connectivity index (χ0n) is 22.9. The number of likely N-dealkylation sites (tertiary alicyclic amines) is 1. The van der Waals surface area contributed by atoms with Crippen LogP contribution in [0.4, 0.5) is 0 Å². The number of H-pyrrole nitrogens is 1. The average Bonchev–Trinajstić information content (AvgIpc) is 3.24. The number of para-hydroxylation sites is 1. The van der Waals surface area contributed by atoms with Crippen molar-refractivity contribution in [2.75, 3.05) is 6.54 Å². The number of amides is 3. The molecule has 0 spiro atoms. The fraction of sp³-hybridized carbons (Fsp3) is 0.552. The van der Waals surface area contributed by atoms with Crippen LogP contribution in [0.25, 0.3) is 15.7 Å². The van der Waals surface area contributed by atoms with Gasteiger partial charge in [0.2, 0.25) is 11.8 Å². The second-order valence-electron chi connectivity index (χ2n) is 11.9. The fourth-order valence-corrected chi connectivity index (χ4v) is 6.07. The third-order valence-corrected chi connectivity index (χ3v) is 8.36. The van der Waals surface area contributed by atoms with E-state index in [-0.39, 0.29) is 35.6 Å². The summed E-state index contributed by atoms with van der Waals surface area (Å²) in [6.45, 7) is 17.7. The van der Waals surface area contributed by atoms with E-state index in [2.05, 4.69) is 26.5 Å². The van der Waals surface area contributed by atoms with Crippen LogP contribution in [-0.4, -0.2) is 57.8 Å². The normalized spacial score (nSPS) is 24.8. The van der Waals surface area contributed by atoms with E-state index >= 15 is 0 Å². The highest BCUT2D eigenvalue weighted by Crippen LogP contribution is 2.70. The molecule has 3 amide bonds. The molecule has 5 atom stereocenters. The SMILES string of the molecule is C#[N+][C@]12CN(C(=O)[C@H](CC(C)C)NC(=O)c3cc4ccccc4[nH]3)[C@H](C(=O)N[C@H](C#N)C(C)C)[C@H]1C2(C)C. The van der Waals surface area contributed by atoms with Crippen molar-refractivity contribution in [3.8, 4) is 12.6 Å². The summed E-state index contributed by atoms with van der Waals surface area (Å²) in [5.41, 5.74) is 0.0388. The third-order valence-electron chi connectivity index (χ3n) is 8.36. The summed E-state index contributed by atoms with van der Waals surface area (Å²) in [6.07, 6.45) is 0.392. The van der Waals surface area contributed by atoms with E-state index in [1.54, 1.807) is 6.07 Å². The number of nitrogens with one attached hydrogen (secondary N) is 3. The highest BCUT2D eigenvalue weighted by molar-refractivity contribution is 6.01. The lowest BCUT2D eigenvalue weighted by Gasteiger charge is -2.32. The number of hydrogen-bond donors (Lipinski definition) is 3. The molecule has 2 heterocycles. The van der Waals surface area contributed by atoms with Crippen LogP contribution in [0, 0.1) is 41.1 Å². The largest absolute Gasteiger partial charge is 0.351 e. The average molecular weight is 518 g/mol. The van der Waals surface area contributed by atoms with Crippen LogP contribution in [0.15, 0.2) is 30.3 Å². The summed E-state index contributed by atoms with van der Waals surface area (Å²) in [5, 5.41) is 16.2. The number of piperidine rings is 1. The molecule has 38 heavy (non-hydrogen) atoms. The molecule has 1 saturated carbocycles. The summed E-state index contributed by atoms with van der Waals surface area (Å²) in [6, 6.07) is 9.05. The van der Waals surface area contributed by atoms with E-state index < -0.39 is 35.5 Å². The Morgan fingerprint density at radius 3 is 2.47 bits per heavy atom. The third kappa shape index (κ3) is 4.41. The summed E-state index contributed by atoms with van der Waals surface area (Å²) in [7, 11) is 0. The topological polar surface area (TPSA) is 122 Å². The first-order chi connectivity index (χ1) is 17.9. The molecule has 0 unspecified atom stereocenters. The summed E-state index contributed by atoms with van der Waals surface area (Å²) in [4.78, 5) is 49.6. The number of fused-ring (bicyclic) bond motifs is 2. The predicted octanol–water partition coefficient (Wildman–Crippen LogP) is 3.55. The van der Waals surface area contributed by atoms with Crippen molar-refractivity contribution in [3.63, 3.8) is 0 Å². The number of nitrogens with zero attached hydrogens (tertiary/aromatic N) is 3. The Labute approximate surface area is 223 Å². The Balaban J connectivity index is 1.62. The number of rotatable bonds is 8. The van der Waals surface area contributed by atoms with Gasteiger partial charge in [-0.25, -0.2) is 0 Å². The number of carbonyl (C=O) groups is 3. The van der Waals surface area contributed by atoms with Crippen LogP contribution in [0.1, 0.15) is 58.5 Å². The second-order valence-corrected chi connectivity index (χ2v) is 11.9. The summed E-state index contributed by atoms with van der Waals surface area (Å²) >= 11 is 0. The molecule has 0 radical (unpaired) electrons. The van der Waals surface area contributed by atoms with Crippen LogP contribution in [0.3, 0.4) is 0 Å². The van der Waals surface area contributed by atoms with Crippen LogP contribution in [-0.2, 0) is 9.59 Å². The van der Waals surface area contributed by atoms with Crippen molar-refractivity contribution in [3.05, 3.63) is 40.9 Å². The number of aromatic nitrogens is 1. The van der Waals surface area contributed by atoms with E-state index in [9.17, 15) is 19.6 Å². The first-order valence-electron chi connectivity index (χ1n) is 13.2. The minimum Gasteiger partial charge on any atom is -0.351 e. The molecule has 1 saturated heterocycles. The Hall–Kier alpha value is -3.85. The van der Waals surface area contributed by atoms with Crippen LogP contribution < -0.4 is 10.6 Å². The van der Waals surface area contributed by atoms with E-state index in [1.807, 2.05) is 65.8 Å². The monoisotopic (exact) mass is 517 g/mol. The Bertz CT molecular complexity index is 1310. The predicted molar refractivity (Wildman–Crippen MR) is 145 cm³/mol. The molecular formula is C29H37N6O3+.